The Balaban J connectivity index is 1.99. The molecule has 2 rings (SSSR count). The Morgan fingerprint density at radius 2 is 2.40 bits per heavy atom. The van der Waals surface area contributed by atoms with Crippen LogP contribution in [0.25, 0.3) is 0 Å². The average Bonchev–Trinajstić information content (AvgIpc) is 3.26. The van der Waals surface area contributed by atoms with Crippen molar-refractivity contribution < 1.29 is 0 Å². The molecule has 1 N–H and O–H groups in total. The van der Waals surface area contributed by atoms with E-state index in [0.717, 1.165) is 13.1 Å². The summed E-state index contributed by atoms with van der Waals surface area (Å²) in [5, 5.41) is 7.35. The highest BCUT2D eigenvalue weighted by Gasteiger charge is 2.27. The van der Waals surface area contributed by atoms with E-state index in [2.05, 4.69) is 28.2 Å². The second-order valence-corrected chi connectivity index (χ2v) is 5.23. The molecule has 1 aliphatic rings. The third-order valence-electron chi connectivity index (χ3n) is 3.41. The predicted octanol–water partition coefficient (Wildman–Crippen LogP) is 1.43. The van der Waals surface area contributed by atoms with E-state index in [1.54, 1.807) is 0 Å². The van der Waals surface area contributed by atoms with Gasteiger partial charge in [-0.3, -0.25) is 9.69 Å². The Labute approximate surface area is 123 Å². The molecule has 1 fully saturated rings. The lowest BCUT2D eigenvalue weighted by molar-refractivity contribution is 0.289. The second-order valence-electron chi connectivity index (χ2n) is 4.82. The summed E-state index contributed by atoms with van der Waals surface area (Å²) in [5.41, 5.74) is 0.105. The monoisotopic (exact) mass is 294 g/mol. The number of aromatic nitrogens is 2. The van der Waals surface area contributed by atoms with E-state index < -0.39 is 0 Å². The molecule has 1 aromatic rings. The zero-order chi connectivity index (χ0) is 14.5. The molecule has 1 aromatic heterocycles. The smallest absolute Gasteiger partial charge is 0.292 e. The largest absolute Gasteiger partial charge is 0.378 e. The van der Waals surface area contributed by atoms with Crippen molar-refractivity contribution in [3.63, 3.8) is 0 Å². The van der Waals surface area contributed by atoms with Crippen molar-refractivity contribution in [1.82, 2.24) is 14.7 Å². The zero-order valence-corrected chi connectivity index (χ0v) is 12.4. The lowest BCUT2D eigenvalue weighted by Gasteiger charge is -2.20. The normalized spacial score (nSPS) is 14.3. The van der Waals surface area contributed by atoms with E-state index in [9.17, 15) is 4.79 Å². The Bertz CT molecular complexity index is 559. The lowest BCUT2D eigenvalue weighted by atomic mass is 10.4. The highest BCUT2D eigenvalue weighted by molar-refractivity contribution is 6.32. The first-order valence-corrected chi connectivity index (χ1v) is 7.22. The SMILES string of the molecule is C#CCn1ncc(Cl)c(NCCN(CC)C2CC2)c1=O. The summed E-state index contributed by atoms with van der Waals surface area (Å²) >= 11 is 6.02. The van der Waals surface area contributed by atoms with Crippen LogP contribution in [0, 0.1) is 12.3 Å². The number of hydrogen-bond acceptors (Lipinski definition) is 4. The Morgan fingerprint density at radius 1 is 1.65 bits per heavy atom. The van der Waals surface area contributed by atoms with Gasteiger partial charge in [-0.15, -0.1) is 6.42 Å². The molecule has 0 unspecified atom stereocenters. The van der Waals surface area contributed by atoms with Crippen LogP contribution in [-0.2, 0) is 6.54 Å². The van der Waals surface area contributed by atoms with Gasteiger partial charge in [0.2, 0.25) is 0 Å². The molecule has 0 aromatic carbocycles. The topological polar surface area (TPSA) is 50.2 Å². The molecule has 0 saturated heterocycles. The van der Waals surface area contributed by atoms with Crippen LogP contribution in [0.15, 0.2) is 11.0 Å². The maximum absolute atomic E-state index is 12.1. The van der Waals surface area contributed by atoms with Crippen molar-refractivity contribution in [1.29, 1.82) is 0 Å². The number of nitrogens with one attached hydrogen (secondary N) is 1. The molecule has 1 aliphatic carbocycles. The molecule has 0 bridgehead atoms. The van der Waals surface area contributed by atoms with Crippen molar-refractivity contribution in [3.8, 4) is 12.3 Å². The summed E-state index contributed by atoms with van der Waals surface area (Å²) < 4.78 is 1.23. The molecule has 0 aliphatic heterocycles. The van der Waals surface area contributed by atoms with Crippen molar-refractivity contribution in [2.75, 3.05) is 25.0 Å². The maximum Gasteiger partial charge on any atom is 0.292 e. The van der Waals surface area contributed by atoms with Gasteiger partial charge in [0.1, 0.15) is 12.2 Å². The van der Waals surface area contributed by atoms with Gasteiger partial charge in [0.15, 0.2) is 0 Å². The number of nitrogens with zero attached hydrogens (tertiary/aromatic N) is 3. The van der Waals surface area contributed by atoms with Crippen LogP contribution < -0.4 is 10.9 Å². The molecular weight excluding hydrogens is 276 g/mol. The zero-order valence-electron chi connectivity index (χ0n) is 11.6. The van der Waals surface area contributed by atoms with Gasteiger partial charge in [-0.05, 0) is 19.4 Å². The third-order valence-corrected chi connectivity index (χ3v) is 3.70. The van der Waals surface area contributed by atoms with Crippen LogP contribution in [0.4, 0.5) is 5.69 Å². The van der Waals surface area contributed by atoms with Crippen molar-refractivity contribution >= 4 is 17.3 Å². The summed E-state index contributed by atoms with van der Waals surface area (Å²) in [6, 6.07) is 0.716. The Morgan fingerprint density at radius 3 is 3.00 bits per heavy atom. The van der Waals surface area contributed by atoms with Crippen molar-refractivity contribution in [3.05, 3.63) is 21.6 Å². The fourth-order valence-corrected chi connectivity index (χ4v) is 2.38. The van der Waals surface area contributed by atoms with E-state index in [-0.39, 0.29) is 12.1 Å². The number of hydrogen-bond donors (Lipinski definition) is 1. The van der Waals surface area contributed by atoms with Gasteiger partial charge < -0.3 is 5.32 Å². The minimum atomic E-state index is -0.273. The third kappa shape index (κ3) is 3.53. The highest BCUT2D eigenvalue weighted by atomic mass is 35.5. The van der Waals surface area contributed by atoms with Gasteiger partial charge in [0.25, 0.3) is 5.56 Å². The van der Waals surface area contributed by atoms with Crippen LogP contribution in [0.3, 0.4) is 0 Å². The van der Waals surface area contributed by atoms with E-state index in [1.165, 1.54) is 23.7 Å². The fraction of sp³-hybridized carbons (Fsp3) is 0.571. The number of likely N-dealkylation sites (N-methyl/N-ethyl adjacent to an activating group) is 1. The number of terminal acetylenes is 1. The molecule has 6 heteroatoms. The van der Waals surface area contributed by atoms with Gasteiger partial charge in [-0.25, -0.2) is 4.68 Å². The van der Waals surface area contributed by atoms with Crippen LogP contribution in [0.5, 0.6) is 0 Å². The molecule has 5 nitrogen and oxygen atoms in total. The first-order valence-electron chi connectivity index (χ1n) is 6.84. The number of rotatable bonds is 7. The van der Waals surface area contributed by atoms with Crippen LogP contribution in [0.1, 0.15) is 19.8 Å². The molecule has 108 valence electrons. The standard InChI is InChI=1S/C14H19ClN4O/c1-3-8-19-14(20)13(12(15)10-17-19)16-7-9-18(4-2)11-5-6-11/h1,10-11,16H,4-9H2,2H3. The summed E-state index contributed by atoms with van der Waals surface area (Å²) in [6.45, 7) is 4.90. The van der Waals surface area contributed by atoms with E-state index >= 15 is 0 Å². The van der Waals surface area contributed by atoms with Gasteiger partial charge in [-0.1, -0.05) is 24.4 Å². The first-order chi connectivity index (χ1) is 9.67. The summed E-state index contributed by atoms with van der Waals surface area (Å²) in [4.78, 5) is 14.5. The molecule has 0 amide bonds. The molecule has 1 saturated carbocycles. The quantitative estimate of drug-likeness (QED) is 0.773. The maximum atomic E-state index is 12.1. The molecule has 1 heterocycles. The molecular formula is C14H19ClN4O. The number of anilines is 1. The van der Waals surface area contributed by atoms with E-state index in [4.69, 9.17) is 18.0 Å². The molecule has 0 radical (unpaired) electrons. The summed E-state index contributed by atoms with van der Waals surface area (Å²) in [6.07, 6.45) is 9.20. The predicted molar refractivity (Wildman–Crippen MR) is 81.1 cm³/mol. The number of halogens is 1. The van der Waals surface area contributed by atoms with E-state index in [1.807, 2.05) is 0 Å². The molecule has 20 heavy (non-hydrogen) atoms. The minimum absolute atomic E-state index is 0.147. The van der Waals surface area contributed by atoms with Crippen molar-refractivity contribution in [2.45, 2.75) is 32.4 Å². The first kappa shape index (κ1) is 14.9. The summed E-state index contributed by atoms with van der Waals surface area (Å²) in [5.74, 6) is 2.40. The Kier molecular flexibility index (Phi) is 5.05. The van der Waals surface area contributed by atoms with Gasteiger partial charge >= 0.3 is 0 Å². The van der Waals surface area contributed by atoms with Crippen molar-refractivity contribution in [2.24, 2.45) is 0 Å². The molecule has 0 atom stereocenters. The van der Waals surface area contributed by atoms with Gasteiger partial charge in [0.05, 0.1) is 11.2 Å². The van der Waals surface area contributed by atoms with Crippen LogP contribution in [0.2, 0.25) is 5.02 Å². The lowest BCUT2D eigenvalue weighted by Crippen LogP contribution is -2.33. The second kappa shape index (κ2) is 6.78. The Hall–Kier alpha value is -1.51. The van der Waals surface area contributed by atoms with Crippen LogP contribution in [-0.4, -0.2) is 40.4 Å². The van der Waals surface area contributed by atoms with Crippen LogP contribution >= 0.6 is 11.6 Å². The minimum Gasteiger partial charge on any atom is -0.378 e. The van der Waals surface area contributed by atoms with E-state index in [0.29, 0.717) is 23.3 Å². The molecule has 0 spiro atoms. The average molecular weight is 295 g/mol. The fourth-order valence-electron chi connectivity index (χ4n) is 2.19. The van der Waals surface area contributed by atoms with Gasteiger partial charge in [0, 0.05) is 19.1 Å². The van der Waals surface area contributed by atoms with Gasteiger partial charge in [-0.2, -0.15) is 5.10 Å². The highest BCUT2D eigenvalue weighted by Crippen LogP contribution is 2.26. The summed E-state index contributed by atoms with van der Waals surface area (Å²) in [7, 11) is 0.